The molecular formula is C18H17Cl2N3O5S. The van der Waals surface area contributed by atoms with Crippen LogP contribution in [0.25, 0.3) is 0 Å². The molecule has 0 bridgehead atoms. The van der Waals surface area contributed by atoms with Crippen molar-refractivity contribution in [3.8, 4) is 5.75 Å². The zero-order chi connectivity index (χ0) is 21.0. The lowest BCUT2D eigenvalue weighted by atomic mass is 10.2. The van der Waals surface area contributed by atoms with E-state index in [0.29, 0.717) is 21.5 Å². The Bertz CT molecular complexity index is 1050. The third-order valence-electron chi connectivity index (χ3n) is 4.01. The highest BCUT2D eigenvalue weighted by Crippen LogP contribution is 2.34. The zero-order valence-electron chi connectivity index (χ0n) is 15.0. The SMILES string of the molecule is O=C(CN1C(=O)COc2ccc(Cl)cc21)NCCNS(=O)(=O)c1cccc(Cl)c1. The van der Waals surface area contributed by atoms with E-state index in [-0.39, 0.29) is 37.0 Å². The fraction of sp³-hybridized carbons (Fsp3) is 0.222. The lowest BCUT2D eigenvalue weighted by Gasteiger charge is -2.29. The number of rotatable bonds is 7. The minimum atomic E-state index is -3.74. The standard InChI is InChI=1S/C18H17Cl2N3O5S/c19-12-2-1-3-14(8-12)29(26,27)22-7-6-21-17(24)10-23-15-9-13(20)4-5-16(15)28-11-18(23)25/h1-5,8-9,22H,6-7,10-11H2,(H,21,24). The first-order valence-electron chi connectivity index (χ1n) is 8.51. The largest absolute Gasteiger partial charge is 0.482 e. The Morgan fingerprint density at radius 1 is 1.10 bits per heavy atom. The minimum Gasteiger partial charge on any atom is -0.482 e. The van der Waals surface area contributed by atoms with Gasteiger partial charge in [0, 0.05) is 23.1 Å². The van der Waals surface area contributed by atoms with Gasteiger partial charge in [-0.15, -0.1) is 0 Å². The maximum Gasteiger partial charge on any atom is 0.265 e. The van der Waals surface area contributed by atoms with Crippen molar-refractivity contribution in [1.29, 1.82) is 0 Å². The summed E-state index contributed by atoms with van der Waals surface area (Å²) >= 11 is 11.8. The van der Waals surface area contributed by atoms with Gasteiger partial charge in [-0.05, 0) is 36.4 Å². The van der Waals surface area contributed by atoms with Crippen molar-refractivity contribution in [3.63, 3.8) is 0 Å². The van der Waals surface area contributed by atoms with Crippen molar-refractivity contribution in [2.24, 2.45) is 0 Å². The molecule has 1 aliphatic rings. The van der Waals surface area contributed by atoms with Crippen molar-refractivity contribution in [3.05, 3.63) is 52.5 Å². The summed E-state index contributed by atoms with van der Waals surface area (Å²) in [6.45, 7) is -0.405. The number of carbonyl (C=O) groups is 2. The van der Waals surface area contributed by atoms with E-state index >= 15 is 0 Å². The van der Waals surface area contributed by atoms with Gasteiger partial charge in [0.2, 0.25) is 15.9 Å². The summed E-state index contributed by atoms with van der Waals surface area (Å²) in [6, 6.07) is 10.6. The maximum absolute atomic E-state index is 12.2. The number of hydrogen-bond donors (Lipinski definition) is 2. The molecule has 0 saturated heterocycles. The molecule has 0 atom stereocenters. The van der Waals surface area contributed by atoms with E-state index in [1.54, 1.807) is 24.3 Å². The van der Waals surface area contributed by atoms with Crippen LogP contribution in [0.2, 0.25) is 10.0 Å². The summed E-state index contributed by atoms with van der Waals surface area (Å²) < 4.78 is 32.1. The average Bonchev–Trinajstić information content (AvgIpc) is 2.68. The fourth-order valence-electron chi connectivity index (χ4n) is 2.65. The van der Waals surface area contributed by atoms with Crippen LogP contribution < -0.4 is 19.7 Å². The summed E-state index contributed by atoms with van der Waals surface area (Å²) in [5.41, 5.74) is 0.408. The zero-order valence-corrected chi connectivity index (χ0v) is 17.4. The van der Waals surface area contributed by atoms with Crippen LogP contribution >= 0.6 is 23.2 Å². The second-order valence-electron chi connectivity index (χ2n) is 6.09. The summed E-state index contributed by atoms with van der Waals surface area (Å²) in [4.78, 5) is 25.6. The summed E-state index contributed by atoms with van der Waals surface area (Å²) in [5.74, 6) is -0.374. The van der Waals surface area contributed by atoms with Gasteiger partial charge in [0.15, 0.2) is 6.61 Å². The molecule has 2 amide bonds. The molecule has 0 aliphatic carbocycles. The summed E-state index contributed by atoms with van der Waals surface area (Å²) in [7, 11) is -3.74. The number of benzene rings is 2. The molecule has 0 unspecified atom stereocenters. The molecule has 154 valence electrons. The molecule has 11 heteroatoms. The molecule has 1 aliphatic heterocycles. The normalized spacial score (nSPS) is 13.6. The monoisotopic (exact) mass is 457 g/mol. The number of anilines is 1. The quantitative estimate of drug-likeness (QED) is 0.616. The van der Waals surface area contributed by atoms with Gasteiger partial charge in [0.1, 0.15) is 12.3 Å². The van der Waals surface area contributed by atoms with Crippen molar-refractivity contribution in [2.45, 2.75) is 4.90 Å². The molecule has 1 heterocycles. The number of carbonyl (C=O) groups excluding carboxylic acids is 2. The van der Waals surface area contributed by atoms with Crippen LogP contribution in [0.15, 0.2) is 47.4 Å². The van der Waals surface area contributed by atoms with Crippen molar-refractivity contribution >= 4 is 50.7 Å². The first kappa shape index (κ1) is 21.4. The number of halogens is 2. The Morgan fingerprint density at radius 3 is 2.62 bits per heavy atom. The van der Waals surface area contributed by atoms with Crippen LogP contribution in [0.1, 0.15) is 0 Å². The maximum atomic E-state index is 12.2. The fourth-order valence-corrected chi connectivity index (χ4v) is 4.15. The number of amides is 2. The molecule has 0 radical (unpaired) electrons. The van der Waals surface area contributed by atoms with E-state index in [9.17, 15) is 18.0 Å². The van der Waals surface area contributed by atoms with E-state index in [1.165, 1.54) is 23.1 Å². The molecular weight excluding hydrogens is 441 g/mol. The first-order chi connectivity index (χ1) is 13.8. The van der Waals surface area contributed by atoms with Gasteiger partial charge < -0.3 is 10.1 Å². The Labute approximate surface area is 177 Å². The number of ether oxygens (including phenoxy) is 1. The van der Waals surface area contributed by atoms with E-state index in [4.69, 9.17) is 27.9 Å². The second-order valence-corrected chi connectivity index (χ2v) is 8.73. The molecule has 8 nitrogen and oxygen atoms in total. The smallest absolute Gasteiger partial charge is 0.265 e. The highest BCUT2D eigenvalue weighted by Gasteiger charge is 2.27. The number of fused-ring (bicyclic) bond motifs is 1. The van der Waals surface area contributed by atoms with Crippen molar-refractivity contribution < 1.29 is 22.7 Å². The number of hydrogen-bond acceptors (Lipinski definition) is 5. The molecule has 0 fully saturated rings. The predicted molar refractivity (Wildman–Crippen MR) is 109 cm³/mol. The van der Waals surface area contributed by atoms with Crippen LogP contribution in [0, 0.1) is 0 Å². The van der Waals surface area contributed by atoms with Gasteiger partial charge in [-0.25, -0.2) is 13.1 Å². The molecule has 0 aromatic heterocycles. The first-order valence-corrected chi connectivity index (χ1v) is 10.7. The average molecular weight is 458 g/mol. The van der Waals surface area contributed by atoms with Crippen molar-refractivity contribution in [1.82, 2.24) is 10.0 Å². The highest BCUT2D eigenvalue weighted by atomic mass is 35.5. The molecule has 3 rings (SSSR count). The predicted octanol–water partition coefficient (Wildman–Crippen LogP) is 1.81. The Morgan fingerprint density at radius 2 is 1.86 bits per heavy atom. The topological polar surface area (TPSA) is 105 Å². The molecule has 2 aromatic carbocycles. The molecule has 2 N–H and O–H groups in total. The Balaban J connectivity index is 1.53. The molecule has 0 spiro atoms. The highest BCUT2D eigenvalue weighted by molar-refractivity contribution is 7.89. The molecule has 0 saturated carbocycles. The second kappa shape index (κ2) is 9.00. The Kier molecular flexibility index (Phi) is 6.63. The Hall–Kier alpha value is -2.33. The molecule has 2 aromatic rings. The van der Waals surface area contributed by atoms with Gasteiger partial charge >= 0.3 is 0 Å². The van der Waals surface area contributed by atoms with E-state index in [1.807, 2.05) is 0 Å². The molecule has 29 heavy (non-hydrogen) atoms. The lowest BCUT2D eigenvalue weighted by molar-refractivity contribution is -0.125. The number of nitrogens with one attached hydrogen (secondary N) is 2. The van der Waals surface area contributed by atoms with Crippen LogP contribution in [0.4, 0.5) is 5.69 Å². The van der Waals surface area contributed by atoms with E-state index in [2.05, 4.69) is 10.0 Å². The van der Waals surface area contributed by atoms with E-state index < -0.39 is 15.9 Å². The summed E-state index contributed by atoms with van der Waals surface area (Å²) in [5, 5.41) is 3.28. The van der Waals surface area contributed by atoms with Crippen LogP contribution in [-0.2, 0) is 19.6 Å². The minimum absolute atomic E-state index is 0.0277. The van der Waals surface area contributed by atoms with Crippen LogP contribution in [-0.4, -0.2) is 46.5 Å². The van der Waals surface area contributed by atoms with Crippen LogP contribution in [0.3, 0.4) is 0 Å². The number of sulfonamides is 1. The van der Waals surface area contributed by atoms with Gasteiger partial charge in [0.05, 0.1) is 10.6 Å². The van der Waals surface area contributed by atoms with Crippen molar-refractivity contribution in [2.75, 3.05) is 31.1 Å². The van der Waals surface area contributed by atoms with Gasteiger partial charge in [-0.1, -0.05) is 29.3 Å². The van der Waals surface area contributed by atoms with Gasteiger partial charge in [0.25, 0.3) is 5.91 Å². The lowest BCUT2D eigenvalue weighted by Crippen LogP contribution is -2.46. The third kappa shape index (κ3) is 5.39. The van der Waals surface area contributed by atoms with Gasteiger partial charge in [-0.3, -0.25) is 14.5 Å². The van der Waals surface area contributed by atoms with Gasteiger partial charge in [-0.2, -0.15) is 0 Å². The number of nitrogens with zero attached hydrogens (tertiary/aromatic N) is 1. The van der Waals surface area contributed by atoms with E-state index in [0.717, 1.165) is 0 Å². The third-order valence-corrected chi connectivity index (χ3v) is 5.94. The summed E-state index contributed by atoms with van der Waals surface area (Å²) in [6.07, 6.45) is 0. The van der Waals surface area contributed by atoms with Crippen LogP contribution in [0.5, 0.6) is 5.75 Å².